The minimum atomic E-state index is -0.953. The number of aliphatic hydroxyl groups is 1. The molecule has 1 N–H and O–H groups in total. The van der Waals surface area contributed by atoms with Gasteiger partial charge in [-0.05, 0) is 56.8 Å². The molecule has 4 heteroatoms. The molecule has 1 unspecified atom stereocenters. The highest BCUT2D eigenvalue weighted by Crippen LogP contribution is 2.35. The average Bonchev–Trinajstić information content (AvgIpc) is 2.58. The highest BCUT2D eigenvalue weighted by molar-refractivity contribution is 6.30. The van der Waals surface area contributed by atoms with Gasteiger partial charge in [-0.2, -0.15) is 0 Å². The lowest BCUT2D eigenvalue weighted by atomic mass is 9.91. The Labute approximate surface area is 149 Å². The van der Waals surface area contributed by atoms with Gasteiger partial charge in [-0.15, -0.1) is 0 Å². The SMILES string of the molecule is CCN(CC)CCC(C)(O)c1ccccc1Oc1ccc(Cl)cc1. The first-order chi connectivity index (χ1) is 11.5. The molecule has 0 saturated carbocycles. The fraction of sp³-hybridized carbons (Fsp3) is 0.400. The molecule has 130 valence electrons. The lowest BCUT2D eigenvalue weighted by Gasteiger charge is -2.29. The summed E-state index contributed by atoms with van der Waals surface area (Å²) in [5.74, 6) is 1.37. The van der Waals surface area contributed by atoms with Gasteiger partial charge in [-0.25, -0.2) is 0 Å². The molecule has 2 rings (SSSR count). The van der Waals surface area contributed by atoms with E-state index in [1.165, 1.54) is 0 Å². The summed E-state index contributed by atoms with van der Waals surface area (Å²) >= 11 is 5.92. The predicted octanol–water partition coefficient (Wildman–Crippen LogP) is 5.07. The van der Waals surface area contributed by atoms with Crippen molar-refractivity contribution < 1.29 is 9.84 Å². The molecule has 24 heavy (non-hydrogen) atoms. The highest BCUT2D eigenvalue weighted by Gasteiger charge is 2.27. The summed E-state index contributed by atoms with van der Waals surface area (Å²) in [5, 5.41) is 11.7. The molecule has 0 aliphatic carbocycles. The molecule has 0 aliphatic rings. The zero-order chi connectivity index (χ0) is 17.6. The molecule has 0 spiro atoms. The van der Waals surface area contributed by atoms with Gasteiger partial charge in [0.25, 0.3) is 0 Å². The smallest absolute Gasteiger partial charge is 0.133 e. The van der Waals surface area contributed by atoms with Gasteiger partial charge in [0, 0.05) is 17.1 Å². The summed E-state index contributed by atoms with van der Waals surface area (Å²) in [7, 11) is 0. The molecule has 0 fully saturated rings. The molecule has 1 atom stereocenters. The van der Waals surface area contributed by atoms with Crippen molar-refractivity contribution in [2.24, 2.45) is 0 Å². The number of halogens is 1. The number of ether oxygens (including phenoxy) is 1. The van der Waals surface area contributed by atoms with E-state index in [9.17, 15) is 5.11 Å². The van der Waals surface area contributed by atoms with Crippen molar-refractivity contribution in [1.82, 2.24) is 4.90 Å². The van der Waals surface area contributed by atoms with Crippen LogP contribution < -0.4 is 4.74 Å². The third kappa shape index (κ3) is 4.97. The van der Waals surface area contributed by atoms with E-state index < -0.39 is 5.60 Å². The Morgan fingerprint density at radius 2 is 1.67 bits per heavy atom. The van der Waals surface area contributed by atoms with Crippen molar-refractivity contribution in [3.63, 3.8) is 0 Å². The van der Waals surface area contributed by atoms with Crippen molar-refractivity contribution >= 4 is 11.6 Å². The number of nitrogens with zero attached hydrogens (tertiary/aromatic N) is 1. The maximum Gasteiger partial charge on any atom is 0.133 e. The van der Waals surface area contributed by atoms with Crippen LogP contribution in [0.25, 0.3) is 0 Å². The van der Waals surface area contributed by atoms with Crippen molar-refractivity contribution in [1.29, 1.82) is 0 Å². The van der Waals surface area contributed by atoms with Crippen LogP contribution in [-0.2, 0) is 5.60 Å². The molecular weight excluding hydrogens is 322 g/mol. The Morgan fingerprint density at radius 3 is 2.29 bits per heavy atom. The zero-order valence-electron chi connectivity index (χ0n) is 14.6. The molecule has 0 heterocycles. The van der Waals surface area contributed by atoms with Crippen LogP contribution >= 0.6 is 11.6 Å². The molecule has 0 aliphatic heterocycles. The van der Waals surface area contributed by atoms with Gasteiger partial charge >= 0.3 is 0 Å². The van der Waals surface area contributed by atoms with E-state index in [1.54, 1.807) is 12.1 Å². The number of hydrogen-bond acceptors (Lipinski definition) is 3. The second kappa shape index (κ2) is 8.52. The Morgan fingerprint density at radius 1 is 1.04 bits per heavy atom. The Hall–Kier alpha value is -1.55. The Bertz CT molecular complexity index is 636. The van der Waals surface area contributed by atoms with Crippen LogP contribution in [-0.4, -0.2) is 29.6 Å². The first-order valence-electron chi connectivity index (χ1n) is 8.44. The van der Waals surface area contributed by atoms with Gasteiger partial charge in [0.15, 0.2) is 0 Å². The second-order valence-electron chi connectivity index (χ2n) is 6.10. The van der Waals surface area contributed by atoms with Gasteiger partial charge in [-0.1, -0.05) is 43.6 Å². The molecule has 0 aromatic heterocycles. The van der Waals surface area contributed by atoms with Crippen LogP contribution in [0.1, 0.15) is 32.8 Å². The third-order valence-corrected chi connectivity index (χ3v) is 4.57. The number of hydrogen-bond donors (Lipinski definition) is 1. The highest BCUT2D eigenvalue weighted by atomic mass is 35.5. The average molecular weight is 348 g/mol. The summed E-state index contributed by atoms with van der Waals surface area (Å²) in [6.45, 7) is 8.92. The van der Waals surface area contributed by atoms with Crippen molar-refractivity contribution in [3.05, 3.63) is 59.1 Å². The largest absolute Gasteiger partial charge is 0.457 e. The monoisotopic (exact) mass is 347 g/mol. The van der Waals surface area contributed by atoms with Gasteiger partial charge in [0.2, 0.25) is 0 Å². The predicted molar refractivity (Wildman–Crippen MR) is 99.9 cm³/mol. The summed E-state index contributed by atoms with van der Waals surface area (Å²) in [4.78, 5) is 2.30. The Kier molecular flexibility index (Phi) is 6.67. The maximum absolute atomic E-state index is 11.0. The van der Waals surface area contributed by atoms with Crippen LogP contribution in [0.15, 0.2) is 48.5 Å². The summed E-state index contributed by atoms with van der Waals surface area (Å²) < 4.78 is 5.98. The molecular formula is C20H26ClNO2. The fourth-order valence-electron chi connectivity index (χ4n) is 2.68. The van der Waals surface area contributed by atoms with Crippen LogP contribution in [0.4, 0.5) is 0 Å². The van der Waals surface area contributed by atoms with E-state index in [0.29, 0.717) is 22.9 Å². The quantitative estimate of drug-likeness (QED) is 0.723. The molecule has 0 amide bonds. The number of benzene rings is 2. The minimum Gasteiger partial charge on any atom is -0.457 e. The van der Waals surface area contributed by atoms with Crippen LogP contribution in [0.5, 0.6) is 11.5 Å². The summed E-state index contributed by atoms with van der Waals surface area (Å²) in [6, 6.07) is 14.9. The van der Waals surface area contributed by atoms with Crippen LogP contribution in [0.2, 0.25) is 5.02 Å². The fourth-order valence-corrected chi connectivity index (χ4v) is 2.81. The van der Waals surface area contributed by atoms with E-state index in [1.807, 2.05) is 43.3 Å². The van der Waals surface area contributed by atoms with Gasteiger partial charge in [-0.3, -0.25) is 0 Å². The molecule has 3 nitrogen and oxygen atoms in total. The Balaban J connectivity index is 2.18. The van der Waals surface area contributed by atoms with E-state index in [0.717, 1.165) is 25.2 Å². The molecule has 2 aromatic carbocycles. The van der Waals surface area contributed by atoms with Gasteiger partial charge in [0.05, 0.1) is 5.60 Å². The summed E-state index contributed by atoms with van der Waals surface area (Å²) in [5.41, 5.74) is -0.155. The van der Waals surface area contributed by atoms with E-state index >= 15 is 0 Å². The molecule has 0 saturated heterocycles. The third-order valence-electron chi connectivity index (χ3n) is 4.32. The lowest BCUT2D eigenvalue weighted by Crippen LogP contribution is -2.31. The first kappa shape index (κ1) is 18.8. The van der Waals surface area contributed by atoms with Crippen molar-refractivity contribution in [2.75, 3.05) is 19.6 Å². The number of para-hydroxylation sites is 1. The van der Waals surface area contributed by atoms with Crippen molar-refractivity contribution in [3.8, 4) is 11.5 Å². The van der Waals surface area contributed by atoms with E-state index in [2.05, 4.69) is 18.7 Å². The topological polar surface area (TPSA) is 32.7 Å². The number of rotatable bonds is 8. The maximum atomic E-state index is 11.0. The van der Waals surface area contributed by atoms with Gasteiger partial charge < -0.3 is 14.7 Å². The first-order valence-corrected chi connectivity index (χ1v) is 8.81. The summed E-state index contributed by atoms with van der Waals surface area (Å²) in [6.07, 6.45) is 0.648. The molecule has 0 radical (unpaired) electrons. The molecule has 2 aromatic rings. The standard InChI is InChI=1S/C20H26ClNO2/c1-4-22(5-2)15-14-20(3,23)18-8-6-7-9-19(18)24-17-12-10-16(21)11-13-17/h6-13,23H,4-5,14-15H2,1-3H3. The zero-order valence-corrected chi connectivity index (χ0v) is 15.4. The lowest BCUT2D eigenvalue weighted by molar-refractivity contribution is 0.0351. The van der Waals surface area contributed by atoms with Crippen LogP contribution in [0.3, 0.4) is 0 Å². The second-order valence-corrected chi connectivity index (χ2v) is 6.54. The normalized spacial score (nSPS) is 13.8. The van der Waals surface area contributed by atoms with Crippen LogP contribution in [0, 0.1) is 0 Å². The van der Waals surface area contributed by atoms with E-state index in [-0.39, 0.29) is 0 Å². The van der Waals surface area contributed by atoms with E-state index in [4.69, 9.17) is 16.3 Å². The van der Waals surface area contributed by atoms with Gasteiger partial charge in [0.1, 0.15) is 11.5 Å². The molecule has 0 bridgehead atoms. The van der Waals surface area contributed by atoms with Crippen molar-refractivity contribution in [2.45, 2.75) is 32.8 Å². The minimum absolute atomic E-state index is 0.648.